The first-order valence-corrected chi connectivity index (χ1v) is 8.53. The SMILES string of the molecule is COc1ccc([N-]c2ccc(OC)cc2NC(C)C)c(NC(C)C)c1. The number of methoxy groups -OCH3 is 2. The Labute approximate surface area is 150 Å². The van der Waals surface area contributed by atoms with Gasteiger partial charge in [-0.25, -0.2) is 0 Å². The van der Waals surface area contributed by atoms with Gasteiger partial charge in [0, 0.05) is 35.6 Å². The fraction of sp³-hybridized carbons (Fsp3) is 0.400. The molecule has 25 heavy (non-hydrogen) atoms. The summed E-state index contributed by atoms with van der Waals surface area (Å²) >= 11 is 0. The molecule has 0 saturated heterocycles. The van der Waals surface area contributed by atoms with Crippen LogP contribution in [-0.4, -0.2) is 26.3 Å². The minimum absolute atomic E-state index is 0.296. The van der Waals surface area contributed by atoms with E-state index < -0.39 is 0 Å². The van der Waals surface area contributed by atoms with Crippen LogP contribution in [0.2, 0.25) is 0 Å². The average Bonchev–Trinajstić information content (AvgIpc) is 2.56. The molecule has 5 heteroatoms. The van der Waals surface area contributed by atoms with Crippen molar-refractivity contribution in [2.24, 2.45) is 0 Å². The van der Waals surface area contributed by atoms with Crippen LogP contribution >= 0.6 is 0 Å². The molecule has 0 spiro atoms. The molecular formula is C20H28N3O2-. The van der Waals surface area contributed by atoms with Gasteiger partial charge in [0.1, 0.15) is 11.5 Å². The lowest BCUT2D eigenvalue weighted by Gasteiger charge is -2.31. The van der Waals surface area contributed by atoms with E-state index in [0.29, 0.717) is 12.1 Å². The van der Waals surface area contributed by atoms with Crippen LogP contribution < -0.4 is 20.1 Å². The Kier molecular flexibility index (Phi) is 6.39. The largest absolute Gasteiger partial charge is 0.655 e. The van der Waals surface area contributed by atoms with Crippen LogP contribution in [0.15, 0.2) is 36.4 Å². The topological polar surface area (TPSA) is 56.6 Å². The molecule has 0 aromatic heterocycles. The third-order valence-electron chi connectivity index (χ3n) is 3.54. The molecule has 2 aromatic carbocycles. The van der Waals surface area contributed by atoms with Crippen molar-refractivity contribution >= 4 is 22.7 Å². The van der Waals surface area contributed by atoms with E-state index in [1.165, 1.54) is 0 Å². The van der Waals surface area contributed by atoms with Crippen molar-refractivity contribution in [1.82, 2.24) is 0 Å². The normalized spacial score (nSPS) is 10.7. The van der Waals surface area contributed by atoms with Gasteiger partial charge in [-0.2, -0.15) is 0 Å². The zero-order valence-electron chi connectivity index (χ0n) is 15.9. The average molecular weight is 342 g/mol. The molecular weight excluding hydrogens is 314 g/mol. The summed E-state index contributed by atoms with van der Waals surface area (Å²) < 4.78 is 10.7. The maximum atomic E-state index is 5.34. The highest BCUT2D eigenvalue weighted by atomic mass is 16.5. The van der Waals surface area contributed by atoms with E-state index in [1.807, 2.05) is 36.4 Å². The van der Waals surface area contributed by atoms with Gasteiger partial charge in [0.2, 0.25) is 0 Å². The van der Waals surface area contributed by atoms with Crippen molar-refractivity contribution in [1.29, 1.82) is 0 Å². The number of ether oxygens (including phenoxy) is 2. The zero-order chi connectivity index (χ0) is 18.4. The van der Waals surface area contributed by atoms with E-state index in [-0.39, 0.29) is 0 Å². The van der Waals surface area contributed by atoms with E-state index >= 15 is 0 Å². The van der Waals surface area contributed by atoms with Crippen LogP contribution in [-0.2, 0) is 0 Å². The van der Waals surface area contributed by atoms with E-state index in [4.69, 9.17) is 14.8 Å². The van der Waals surface area contributed by atoms with Gasteiger partial charge >= 0.3 is 0 Å². The number of hydrogen-bond donors (Lipinski definition) is 2. The monoisotopic (exact) mass is 342 g/mol. The summed E-state index contributed by atoms with van der Waals surface area (Å²) in [5, 5.41) is 11.7. The Morgan fingerprint density at radius 1 is 0.720 bits per heavy atom. The standard InChI is InChI=1S/C20H28N3O2/c1-13(2)21-19-11-15(24-5)7-9-17(19)23-18-10-8-16(25-6)12-20(18)22-14(3)4/h7-14,21-22H,1-6H3/q-1. The summed E-state index contributed by atoms with van der Waals surface area (Å²) in [6, 6.07) is 12.3. The third kappa shape index (κ3) is 5.21. The Morgan fingerprint density at radius 3 is 1.44 bits per heavy atom. The van der Waals surface area contributed by atoms with Crippen LogP contribution in [0.3, 0.4) is 0 Å². The second-order valence-corrected chi connectivity index (χ2v) is 6.48. The molecule has 0 heterocycles. The van der Waals surface area contributed by atoms with Crippen molar-refractivity contribution in [3.05, 3.63) is 41.7 Å². The molecule has 0 unspecified atom stereocenters. The fourth-order valence-corrected chi connectivity index (χ4v) is 2.46. The molecule has 0 aliphatic rings. The smallest absolute Gasteiger partial charge is 0.120 e. The maximum absolute atomic E-state index is 5.34. The molecule has 2 rings (SSSR count). The fourth-order valence-electron chi connectivity index (χ4n) is 2.46. The van der Waals surface area contributed by atoms with Gasteiger partial charge in [-0.1, -0.05) is 12.1 Å². The van der Waals surface area contributed by atoms with Crippen LogP contribution in [0, 0.1) is 0 Å². The van der Waals surface area contributed by atoms with Crippen molar-refractivity contribution in [3.63, 3.8) is 0 Å². The third-order valence-corrected chi connectivity index (χ3v) is 3.54. The molecule has 2 aromatic rings. The van der Waals surface area contributed by atoms with Gasteiger partial charge in [-0.3, -0.25) is 0 Å². The van der Waals surface area contributed by atoms with Crippen LogP contribution in [0.25, 0.3) is 5.32 Å². The second kappa shape index (κ2) is 8.51. The molecule has 0 aliphatic carbocycles. The van der Waals surface area contributed by atoms with E-state index in [0.717, 1.165) is 34.2 Å². The summed E-state index contributed by atoms with van der Waals surface area (Å²) in [6.45, 7) is 8.40. The first-order chi connectivity index (χ1) is 11.9. The van der Waals surface area contributed by atoms with E-state index in [9.17, 15) is 0 Å². The highest BCUT2D eigenvalue weighted by Gasteiger charge is 2.04. The Balaban J connectivity index is 2.38. The molecule has 136 valence electrons. The van der Waals surface area contributed by atoms with Gasteiger partial charge < -0.3 is 25.4 Å². The van der Waals surface area contributed by atoms with Gasteiger partial charge in [0.25, 0.3) is 0 Å². The van der Waals surface area contributed by atoms with Crippen molar-refractivity contribution in [2.75, 3.05) is 24.9 Å². The summed E-state index contributed by atoms with van der Waals surface area (Å²) in [5.41, 5.74) is 3.62. The summed E-state index contributed by atoms with van der Waals surface area (Å²) in [5.74, 6) is 1.61. The van der Waals surface area contributed by atoms with E-state index in [2.05, 4.69) is 38.3 Å². The quantitative estimate of drug-likeness (QED) is 0.648. The molecule has 0 bridgehead atoms. The highest BCUT2D eigenvalue weighted by molar-refractivity contribution is 5.86. The molecule has 5 nitrogen and oxygen atoms in total. The molecule has 0 saturated carbocycles. The molecule has 0 radical (unpaired) electrons. The number of anilines is 2. The lowest BCUT2D eigenvalue weighted by Crippen LogP contribution is -2.10. The Bertz CT molecular complexity index is 640. The molecule has 0 aliphatic heterocycles. The molecule has 2 N–H and O–H groups in total. The number of hydrogen-bond acceptors (Lipinski definition) is 4. The Morgan fingerprint density at radius 2 is 1.12 bits per heavy atom. The first-order valence-electron chi connectivity index (χ1n) is 8.53. The minimum atomic E-state index is 0.296. The van der Waals surface area contributed by atoms with Crippen molar-refractivity contribution < 1.29 is 9.47 Å². The molecule has 0 amide bonds. The van der Waals surface area contributed by atoms with Gasteiger partial charge in [0.05, 0.1) is 14.2 Å². The van der Waals surface area contributed by atoms with Crippen LogP contribution in [0.4, 0.5) is 22.7 Å². The highest BCUT2D eigenvalue weighted by Crippen LogP contribution is 2.43. The number of nitrogens with zero attached hydrogens (tertiary/aromatic N) is 1. The molecule has 0 atom stereocenters. The lowest BCUT2D eigenvalue weighted by molar-refractivity contribution is 0.415. The maximum Gasteiger partial charge on any atom is 0.120 e. The predicted molar refractivity (Wildman–Crippen MR) is 106 cm³/mol. The van der Waals surface area contributed by atoms with Crippen molar-refractivity contribution in [2.45, 2.75) is 39.8 Å². The minimum Gasteiger partial charge on any atom is -0.655 e. The van der Waals surface area contributed by atoms with Crippen LogP contribution in [0.5, 0.6) is 11.5 Å². The van der Waals surface area contributed by atoms with Crippen LogP contribution in [0.1, 0.15) is 27.7 Å². The zero-order valence-corrected chi connectivity index (χ0v) is 15.9. The predicted octanol–water partition coefficient (Wildman–Crippen LogP) is 5.68. The summed E-state index contributed by atoms with van der Waals surface area (Å²) in [6.07, 6.45) is 0. The van der Waals surface area contributed by atoms with Gasteiger partial charge in [-0.05, 0) is 39.8 Å². The Hall–Kier alpha value is -2.56. The van der Waals surface area contributed by atoms with Gasteiger partial charge in [-0.15, -0.1) is 11.4 Å². The van der Waals surface area contributed by atoms with E-state index in [1.54, 1.807) is 14.2 Å². The number of rotatable bonds is 8. The second-order valence-electron chi connectivity index (χ2n) is 6.48. The lowest BCUT2D eigenvalue weighted by atomic mass is 10.2. The van der Waals surface area contributed by atoms with Crippen molar-refractivity contribution in [3.8, 4) is 11.5 Å². The van der Waals surface area contributed by atoms with Gasteiger partial charge in [0.15, 0.2) is 0 Å². The first kappa shape index (κ1) is 18.8. The molecule has 0 fully saturated rings. The summed E-state index contributed by atoms with van der Waals surface area (Å²) in [4.78, 5) is 0. The number of nitrogens with one attached hydrogen (secondary N) is 2. The summed E-state index contributed by atoms with van der Waals surface area (Å²) in [7, 11) is 3.33. The number of benzene rings is 2.